The van der Waals surface area contributed by atoms with Crippen LogP contribution in [0.15, 0.2) is 42.6 Å². The number of imide groups is 1. The molecule has 0 saturated carbocycles. The number of pyridine rings is 1. The summed E-state index contributed by atoms with van der Waals surface area (Å²) in [4.78, 5) is 30.7. The van der Waals surface area contributed by atoms with E-state index in [4.69, 9.17) is 9.47 Å². The van der Waals surface area contributed by atoms with Gasteiger partial charge in [-0.15, -0.1) is 0 Å². The summed E-state index contributed by atoms with van der Waals surface area (Å²) < 4.78 is 10.8. The van der Waals surface area contributed by atoms with Gasteiger partial charge in [-0.05, 0) is 71.4 Å². The summed E-state index contributed by atoms with van der Waals surface area (Å²) in [6, 6.07) is 11.1. The molecule has 2 amide bonds. The van der Waals surface area contributed by atoms with Crippen LogP contribution in [0.1, 0.15) is 47.1 Å². The van der Waals surface area contributed by atoms with Gasteiger partial charge in [0.2, 0.25) is 0 Å². The van der Waals surface area contributed by atoms with Crippen molar-refractivity contribution in [2.45, 2.75) is 59.3 Å². The molecule has 8 nitrogen and oxygen atoms in total. The van der Waals surface area contributed by atoms with Crippen LogP contribution >= 0.6 is 0 Å². The number of amides is 2. The van der Waals surface area contributed by atoms with E-state index < -0.39 is 23.4 Å². The first-order valence-corrected chi connectivity index (χ1v) is 10.1. The molecule has 0 saturated heterocycles. The van der Waals surface area contributed by atoms with Crippen LogP contribution in [-0.2, 0) is 16.0 Å². The first-order chi connectivity index (χ1) is 14.4. The average Bonchev–Trinajstić information content (AvgIpc) is 2.64. The zero-order valence-corrected chi connectivity index (χ0v) is 19.3. The average molecular weight is 429 g/mol. The van der Waals surface area contributed by atoms with Crippen LogP contribution in [0.2, 0.25) is 0 Å². The minimum atomic E-state index is -0.762. The second-order valence-corrected chi connectivity index (χ2v) is 9.02. The van der Waals surface area contributed by atoms with Crippen molar-refractivity contribution in [1.82, 2.24) is 9.88 Å². The molecule has 0 fully saturated rings. The standard InChI is InChI=1S/C23H32N4O4/c1-22(2,3)30-20(28)27(21(29)31-23(4,5)6)15-16-10-8-11-17(14-16)26-19-18(24-7)12-9-13-25-19/h8-14,24H,15H2,1-7H3,(H,25,26). The second kappa shape index (κ2) is 9.68. The number of aromatic nitrogens is 1. The summed E-state index contributed by atoms with van der Waals surface area (Å²) in [5.41, 5.74) is 0.841. The van der Waals surface area contributed by atoms with Crippen molar-refractivity contribution >= 4 is 29.4 Å². The van der Waals surface area contributed by atoms with E-state index in [2.05, 4.69) is 15.6 Å². The Bertz CT molecular complexity index is 888. The smallest absolute Gasteiger partial charge is 0.420 e. The normalized spacial score (nSPS) is 11.5. The Morgan fingerprint density at radius 2 is 1.58 bits per heavy atom. The summed E-state index contributed by atoms with van der Waals surface area (Å²) in [6.07, 6.45) is 0.171. The van der Waals surface area contributed by atoms with Crippen LogP contribution in [0.3, 0.4) is 0 Å². The maximum Gasteiger partial charge on any atom is 0.420 e. The zero-order valence-electron chi connectivity index (χ0n) is 19.3. The van der Waals surface area contributed by atoms with Gasteiger partial charge in [-0.3, -0.25) is 0 Å². The number of nitrogens with zero attached hydrogens (tertiary/aromatic N) is 2. The maximum absolute atomic E-state index is 12.7. The van der Waals surface area contributed by atoms with Crippen molar-refractivity contribution in [3.05, 3.63) is 48.2 Å². The van der Waals surface area contributed by atoms with Gasteiger partial charge in [0.15, 0.2) is 5.82 Å². The highest BCUT2D eigenvalue weighted by Gasteiger charge is 2.31. The molecule has 168 valence electrons. The van der Waals surface area contributed by atoms with E-state index in [1.165, 1.54) is 0 Å². The van der Waals surface area contributed by atoms with E-state index >= 15 is 0 Å². The summed E-state index contributed by atoms with van der Waals surface area (Å²) in [6.45, 7) is 10.5. The van der Waals surface area contributed by atoms with Crippen LogP contribution in [0.25, 0.3) is 0 Å². The van der Waals surface area contributed by atoms with E-state index in [0.717, 1.165) is 21.8 Å². The van der Waals surface area contributed by atoms with E-state index in [1.54, 1.807) is 47.7 Å². The molecule has 0 unspecified atom stereocenters. The molecule has 1 aromatic heterocycles. The van der Waals surface area contributed by atoms with E-state index in [-0.39, 0.29) is 6.54 Å². The first kappa shape index (κ1) is 24.0. The number of anilines is 3. The topological polar surface area (TPSA) is 92.8 Å². The second-order valence-electron chi connectivity index (χ2n) is 9.02. The van der Waals surface area contributed by atoms with Gasteiger partial charge in [0.05, 0.1) is 12.2 Å². The van der Waals surface area contributed by atoms with Crippen molar-refractivity contribution in [1.29, 1.82) is 0 Å². The monoisotopic (exact) mass is 428 g/mol. The van der Waals surface area contributed by atoms with Crippen LogP contribution in [-0.4, -0.2) is 40.3 Å². The number of benzene rings is 1. The molecular weight excluding hydrogens is 396 g/mol. The van der Waals surface area contributed by atoms with Crippen LogP contribution in [0.4, 0.5) is 26.8 Å². The summed E-state index contributed by atoms with van der Waals surface area (Å²) in [5, 5.41) is 6.33. The lowest BCUT2D eigenvalue weighted by atomic mass is 10.2. The number of hydrogen-bond acceptors (Lipinski definition) is 7. The highest BCUT2D eigenvalue weighted by Crippen LogP contribution is 2.24. The highest BCUT2D eigenvalue weighted by atomic mass is 16.6. The molecular formula is C23H32N4O4. The molecule has 2 N–H and O–H groups in total. The summed E-state index contributed by atoms with van der Waals surface area (Å²) >= 11 is 0. The molecule has 0 aliphatic rings. The molecule has 0 spiro atoms. The molecule has 1 aromatic carbocycles. The fourth-order valence-electron chi connectivity index (χ4n) is 2.61. The maximum atomic E-state index is 12.7. The molecule has 0 atom stereocenters. The van der Waals surface area contributed by atoms with Gasteiger partial charge in [-0.2, -0.15) is 0 Å². The van der Waals surface area contributed by atoms with Crippen molar-refractivity contribution in [2.75, 3.05) is 17.7 Å². The van der Waals surface area contributed by atoms with Gasteiger partial charge >= 0.3 is 12.2 Å². The van der Waals surface area contributed by atoms with Crippen molar-refractivity contribution < 1.29 is 19.1 Å². The zero-order chi connectivity index (χ0) is 23.2. The number of carbonyl (C=O) groups excluding carboxylic acids is 2. The fourth-order valence-corrected chi connectivity index (χ4v) is 2.61. The molecule has 0 aliphatic heterocycles. The van der Waals surface area contributed by atoms with Crippen molar-refractivity contribution in [3.8, 4) is 0 Å². The molecule has 1 heterocycles. The minimum absolute atomic E-state index is 0.000446. The molecule has 8 heteroatoms. The third-order valence-corrected chi connectivity index (χ3v) is 3.84. The number of ether oxygens (including phenoxy) is 2. The molecule has 2 aromatic rings. The number of nitrogens with one attached hydrogen (secondary N) is 2. The predicted molar refractivity (Wildman–Crippen MR) is 122 cm³/mol. The van der Waals surface area contributed by atoms with E-state index in [1.807, 2.05) is 43.4 Å². The lowest BCUT2D eigenvalue weighted by molar-refractivity contribution is -0.000247. The van der Waals surface area contributed by atoms with Gasteiger partial charge in [-0.25, -0.2) is 19.5 Å². The Labute approximate surface area is 183 Å². The van der Waals surface area contributed by atoms with Gasteiger partial charge in [0.25, 0.3) is 0 Å². The number of carbonyl (C=O) groups is 2. The molecule has 0 bridgehead atoms. The third kappa shape index (κ3) is 7.81. The first-order valence-electron chi connectivity index (χ1n) is 10.1. The fraction of sp³-hybridized carbons (Fsp3) is 0.435. The van der Waals surface area contributed by atoms with Crippen molar-refractivity contribution in [2.24, 2.45) is 0 Å². The number of hydrogen-bond donors (Lipinski definition) is 2. The Kier molecular flexibility index (Phi) is 7.49. The predicted octanol–water partition coefficient (Wildman–Crippen LogP) is 5.54. The molecule has 31 heavy (non-hydrogen) atoms. The Morgan fingerprint density at radius 1 is 0.968 bits per heavy atom. The largest absolute Gasteiger partial charge is 0.443 e. The van der Waals surface area contributed by atoms with E-state index in [0.29, 0.717) is 5.82 Å². The lowest BCUT2D eigenvalue weighted by Gasteiger charge is -2.28. The Hall–Kier alpha value is -3.29. The van der Waals surface area contributed by atoms with Gasteiger partial charge < -0.3 is 20.1 Å². The molecule has 2 rings (SSSR count). The Morgan fingerprint density at radius 3 is 2.13 bits per heavy atom. The number of rotatable bonds is 5. The van der Waals surface area contributed by atoms with Gasteiger partial charge in [0.1, 0.15) is 11.2 Å². The highest BCUT2D eigenvalue weighted by molar-refractivity contribution is 5.88. The van der Waals surface area contributed by atoms with Crippen LogP contribution in [0, 0.1) is 0 Å². The quantitative estimate of drug-likeness (QED) is 0.646. The van der Waals surface area contributed by atoms with E-state index in [9.17, 15) is 9.59 Å². The van der Waals surface area contributed by atoms with Gasteiger partial charge in [-0.1, -0.05) is 12.1 Å². The lowest BCUT2D eigenvalue weighted by Crippen LogP contribution is -2.43. The molecule has 0 radical (unpaired) electrons. The third-order valence-electron chi connectivity index (χ3n) is 3.84. The molecule has 0 aliphatic carbocycles. The van der Waals surface area contributed by atoms with Crippen molar-refractivity contribution in [3.63, 3.8) is 0 Å². The van der Waals surface area contributed by atoms with Crippen LogP contribution < -0.4 is 10.6 Å². The minimum Gasteiger partial charge on any atom is -0.443 e. The SMILES string of the molecule is CNc1cccnc1Nc1cccc(CN(C(=O)OC(C)(C)C)C(=O)OC(C)(C)C)c1. The summed E-state index contributed by atoms with van der Waals surface area (Å²) in [5.74, 6) is 0.665. The van der Waals surface area contributed by atoms with Gasteiger partial charge in [0, 0.05) is 18.9 Å². The Balaban J connectivity index is 2.26. The summed E-state index contributed by atoms with van der Waals surface area (Å²) in [7, 11) is 1.82. The van der Waals surface area contributed by atoms with Crippen LogP contribution in [0.5, 0.6) is 0 Å².